The molecule has 1 spiro atoms. The molecule has 13 rings (SSSR count). The van der Waals surface area contributed by atoms with Crippen LogP contribution in [-0.4, -0.2) is 92.2 Å². The van der Waals surface area contributed by atoms with Gasteiger partial charge in [-0.05, 0) is 210 Å². The molecule has 13 bridgehead atoms. The van der Waals surface area contributed by atoms with E-state index in [0.717, 1.165) is 119 Å². The van der Waals surface area contributed by atoms with Gasteiger partial charge in [-0.15, -0.1) is 5.92 Å². The summed E-state index contributed by atoms with van der Waals surface area (Å²) >= 11 is 0. The second-order valence-electron chi connectivity index (χ2n) is 29.4. The lowest BCUT2D eigenvalue weighted by atomic mass is 9.61. The molecular weight excluding hydrogens is 1180 g/mol. The van der Waals surface area contributed by atoms with E-state index in [4.69, 9.17) is 4.74 Å². The van der Waals surface area contributed by atoms with Crippen LogP contribution in [0.5, 0.6) is 23.0 Å². The maximum absolute atomic E-state index is 15.9. The summed E-state index contributed by atoms with van der Waals surface area (Å²) < 4.78 is 5.74. The lowest BCUT2D eigenvalue weighted by Crippen LogP contribution is -2.48. The fourth-order valence-corrected chi connectivity index (χ4v) is 18.4. The molecule has 10 N–H and O–H groups in total. The highest BCUT2D eigenvalue weighted by molar-refractivity contribution is 6.06. The molecule has 3 heterocycles. The highest BCUT2D eigenvalue weighted by Crippen LogP contribution is 2.54. The maximum atomic E-state index is 15.9. The zero-order chi connectivity index (χ0) is 66.1. The van der Waals surface area contributed by atoms with Crippen molar-refractivity contribution in [3.05, 3.63) is 171 Å². The first-order valence-electron chi connectivity index (χ1n) is 35.5. The minimum absolute atomic E-state index is 0.0434. The Hall–Kier alpha value is -7.78. The Bertz CT molecular complexity index is 4000. The van der Waals surface area contributed by atoms with Crippen molar-refractivity contribution in [3.8, 4) is 46.7 Å². The van der Waals surface area contributed by atoms with Crippen LogP contribution in [0.25, 0.3) is 10.8 Å². The number of hydrogen-bond donors (Lipinski definition) is 10. The number of carbonyl (C=O) groups is 2. The Kier molecular flexibility index (Phi) is 19.8. The van der Waals surface area contributed by atoms with Crippen molar-refractivity contribution < 1.29 is 45.0 Å². The van der Waals surface area contributed by atoms with E-state index in [1.54, 1.807) is 18.2 Å². The standard InChI is InChI=1S/C82H96N4O9/c1-5-13-66-59-37-58-36-53-23-26-68(70-44-74(90)75(95-4)40-54(70)24-27-73(89)80(93)79(92)71(53)39-59)67-18-8-7-17-65(67)57-32-48(2)69(34-50-14-11-16-62(87)33-50)52(35-57)15-12-19-64(58)55-28-31-84-77(42-55)86-61-25-22-51-20-21-56(78(91)72(51)43-61)38-63(88)47-83-45-49(3)60-41-76(85-46-60)82(81(66)94)29-9-6-10-30-82/h7-8,11,14,16-18,20-22,25,28,33,40-44,46,48-49,52-53,57-59,63-64,66,68-69,71,80-81,83-88,90-91,93-94H,5-6,9-10,13,19,24,27,29-32,34-39,45,47H2,1-4H3/t48-,49+,52-,53+,57-,58-,59+,63-,64+,66-,68+,69-,71+,80+,81+/m0/s1. The number of rotatable bonds is 5. The van der Waals surface area contributed by atoms with Crippen LogP contribution in [-0.2, 0) is 34.3 Å². The van der Waals surface area contributed by atoms with Gasteiger partial charge >= 0.3 is 0 Å². The number of ether oxygens (including phenoxy) is 1. The third-order valence-corrected chi connectivity index (χ3v) is 23.5. The highest BCUT2D eigenvalue weighted by atomic mass is 16.5. The zero-order valence-corrected chi connectivity index (χ0v) is 55.7. The highest BCUT2D eigenvalue weighted by Gasteiger charge is 2.51. The fourth-order valence-electron chi connectivity index (χ4n) is 18.4. The molecule has 13 nitrogen and oxygen atoms in total. The van der Waals surface area contributed by atoms with Gasteiger partial charge in [-0.2, -0.15) is 0 Å². The number of Topliss-reactive ketones (excluding diaryl/α,β-unsaturated/α-hetero) is 2. The molecule has 0 radical (unpaired) electrons. The zero-order valence-electron chi connectivity index (χ0n) is 55.7. The summed E-state index contributed by atoms with van der Waals surface area (Å²) in [6.07, 6.45) is 13.7. The number of phenolic OH excluding ortho intramolecular Hbond substituents is 3. The molecule has 3 fully saturated rings. The van der Waals surface area contributed by atoms with Gasteiger partial charge in [0.2, 0.25) is 0 Å². The van der Waals surface area contributed by atoms with Gasteiger partial charge in [0.25, 0.3) is 0 Å². The number of ketones is 2. The van der Waals surface area contributed by atoms with E-state index in [-0.39, 0.29) is 95.5 Å². The van der Waals surface area contributed by atoms with Crippen molar-refractivity contribution in [2.45, 2.75) is 171 Å². The monoisotopic (exact) mass is 1280 g/mol. The minimum Gasteiger partial charge on any atom is -0.508 e. The summed E-state index contributed by atoms with van der Waals surface area (Å²) in [6.45, 7) is 8.15. The molecule has 5 aromatic carbocycles. The quantitative estimate of drug-likeness (QED) is 0.0576. The van der Waals surface area contributed by atoms with Crippen LogP contribution in [0.15, 0.2) is 127 Å². The van der Waals surface area contributed by atoms with Crippen molar-refractivity contribution in [3.63, 3.8) is 0 Å². The topological polar surface area (TPSA) is 217 Å². The first-order chi connectivity index (χ1) is 46.1. The van der Waals surface area contributed by atoms with E-state index in [0.29, 0.717) is 62.7 Å². The second kappa shape index (κ2) is 28.5. The molecule has 1 aromatic heterocycles. The number of aliphatic hydroxyl groups is 3. The number of nitrogens with one attached hydrogen (secondary N) is 4. The van der Waals surface area contributed by atoms with Gasteiger partial charge < -0.3 is 56.3 Å². The number of aromatic nitrogens is 1. The number of carbonyl (C=O) groups excluding carboxylic acids is 2. The van der Waals surface area contributed by atoms with Crippen LogP contribution >= 0.6 is 0 Å². The molecule has 0 amide bonds. The number of hydrogen-bond acceptors (Lipinski definition) is 12. The molecule has 2 aliphatic heterocycles. The van der Waals surface area contributed by atoms with E-state index in [2.05, 4.69) is 120 Å². The van der Waals surface area contributed by atoms with Crippen molar-refractivity contribution in [1.29, 1.82) is 0 Å². The Morgan fingerprint density at radius 2 is 1.56 bits per heavy atom. The van der Waals surface area contributed by atoms with Crippen molar-refractivity contribution in [2.75, 3.05) is 32.1 Å². The number of aliphatic hydroxyl groups excluding tert-OH is 3. The molecule has 0 saturated heterocycles. The number of aryl methyl sites for hydroxylation is 1. The number of H-pyrrole nitrogens is 1. The Balaban J connectivity index is 1.03. The fraction of sp³-hybridized carbons (Fsp3) is 0.488. The smallest absolute Gasteiger partial charge is 0.173 e. The second-order valence-corrected chi connectivity index (χ2v) is 29.4. The number of benzene rings is 5. The number of anilines is 1. The molecule has 6 aromatic rings. The maximum Gasteiger partial charge on any atom is 0.173 e. The number of β-amino-alcohol motifs (C(OH)–C–C–N with tert-alkyl or cyclic N) is 1. The van der Waals surface area contributed by atoms with Crippen LogP contribution < -0.4 is 20.7 Å². The van der Waals surface area contributed by atoms with E-state index >= 15 is 4.79 Å². The average molecular weight is 1280 g/mol. The van der Waals surface area contributed by atoms with E-state index in [9.17, 15) is 35.4 Å². The molecule has 15 atom stereocenters. The molecular formula is C82H96N4O9. The Morgan fingerprint density at radius 3 is 2.37 bits per heavy atom. The normalized spacial score (nSPS) is 30.3. The van der Waals surface area contributed by atoms with Gasteiger partial charge in [-0.1, -0.05) is 125 Å². The number of allylic oxidation sites excluding steroid dienone is 2. The lowest BCUT2D eigenvalue weighted by molar-refractivity contribution is -0.142. The van der Waals surface area contributed by atoms with Crippen LogP contribution in [0.1, 0.15) is 173 Å². The summed E-state index contributed by atoms with van der Waals surface area (Å²) in [6, 6.07) is 31.9. The van der Waals surface area contributed by atoms with E-state index in [1.807, 2.05) is 42.5 Å². The predicted octanol–water partition coefficient (Wildman–Crippen LogP) is 13.3. The molecule has 95 heavy (non-hydrogen) atoms. The van der Waals surface area contributed by atoms with Gasteiger partial charge in [0.05, 0.1) is 25.2 Å². The van der Waals surface area contributed by atoms with Gasteiger partial charge in [0.1, 0.15) is 17.3 Å². The largest absolute Gasteiger partial charge is 0.508 e. The third-order valence-electron chi connectivity index (χ3n) is 23.5. The van der Waals surface area contributed by atoms with Gasteiger partial charge in [-0.3, -0.25) is 9.59 Å². The van der Waals surface area contributed by atoms with Crippen LogP contribution in [0.4, 0.5) is 5.69 Å². The predicted molar refractivity (Wildman–Crippen MR) is 373 cm³/mol. The first kappa shape index (κ1) is 65.9. The van der Waals surface area contributed by atoms with E-state index in [1.165, 1.54) is 7.11 Å². The third kappa shape index (κ3) is 13.7. The van der Waals surface area contributed by atoms with Gasteiger partial charge in [-0.25, -0.2) is 0 Å². The Labute approximate surface area is 560 Å². The number of aromatic hydroxyl groups is 3. The molecule has 13 heteroatoms. The number of dihydropyridines is 1. The number of methoxy groups -OCH3 is 1. The molecule has 5 aliphatic carbocycles. The van der Waals surface area contributed by atoms with Crippen LogP contribution in [0.3, 0.4) is 0 Å². The first-order valence-corrected chi connectivity index (χ1v) is 35.5. The molecule has 0 unspecified atom stereocenters. The van der Waals surface area contributed by atoms with Gasteiger partial charge in [0.15, 0.2) is 29.2 Å². The lowest BCUT2D eigenvalue weighted by Gasteiger charge is -2.46. The Morgan fingerprint density at radius 1 is 0.737 bits per heavy atom. The van der Waals surface area contributed by atoms with Crippen LogP contribution in [0.2, 0.25) is 0 Å². The number of phenols is 3. The number of fused-ring (bicyclic) bond motifs is 16. The molecule has 3 saturated carbocycles. The summed E-state index contributed by atoms with van der Waals surface area (Å²) in [5, 5.41) is 84.9. The van der Waals surface area contributed by atoms with Crippen LogP contribution in [0, 0.1) is 76.9 Å². The summed E-state index contributed by atoms with van der Waals surface area (Å²) in [4.78, 5) is 34.5. The van der Waals surface area contributed by atoms with Crippen molar-refractivity contribution in [1.82, 2.24) is 15.6 Å². The van der Waals surface area contributed by atoms with Crippen molar-refractivity contribution >= 4 is 28.0 Å². The van der Waals surface area contributed by atoms with Gasteiger partial charge in [0, 0.05) is 85.0 Å². The summed E-state index contributed by atoms with van der Waals surface area (Å²) in [7, 11) is 1.51. The number of aromatic amines is 1. The molecule has 7 aliphatic rings. The minimum atomic E-state index is -1.90. The summed E-state index contributed by atoms with van der Waals surface area (Å²) in [5.41, 5.74) is 8.70. The average Bonchev–Trinajstić information content (AvgIpc) is 1.75. The SMILES string of the molecule is CCC[C@H]1[C@@H]2C[C@@H]3C[C@H]4C#C[C@@H](c5cc(O)c(OC)cc5CCC(=O)[C@@H](O)C(=O)[C@@H]4C2)c2ccccc2[C@H]2C[C@H](C)[C@H](Cc4cccc(O)c4)[C@@H](C#CC[C@@H]3C3=CCNC(=C3)Nc3ccc4ccc(c(O)c4c3)C[C@H](O)CNC[C@@H](C)c3c[nH]c(c3)C3(CCCCC3)[C@@H]1O)C2. The van der Waals surface area contributed by atoms with E-state index < -0.39 is 53.0 Å². The molecule has 498 valence electrons. The van der Waals surface area contributed by atoms with Crippen molar-refractivity contribution in [2.24, 2.45) is 53.3 Å². The summed E-state index contributed by atoms with van der Waals surface area (Å²) in [5.74, 6) is 13.4.